The lowest BCUT2D eigenvalue weighted by molar-refractivity contribution is 0.00578. The summed E-state index contributed by atoms with van der Waals surface area (Å²) in [5, 5.41) is 22.6. The van der Waals surface area contributed by atoms with Gasteiger partial charge in [0.1, 0.15) is 0 Å². The van der Waals surface area contributed by atoms with Gasteiger partial charge in [0.25, 0.3) is 0 Å². The molecule has 0 aliphatic carbocycles. The van der Waals surface area contributed by atoms with Crippen LogP contribution in [0.15, 0.2) is 272 Å². The molecule has 6 nitrogen and oxygen atoms in total. The summed E-state index contributed by atoms with van der Waals surface area (Å²) in [6, 6.07) is 91.5. The number of aromatic nitrogens is 4. The van der Waals surface area contributed by atoms with Gasteiger partial charge < -0.3 is 18.4 Å². The number of hydrogen-bond acceptors (Lipinski definition) is 4. The second-order valence-corrected chi connectivity index (χ2v) is 25.3. The van der Waals surface area contributed by atoms with Crippen molar-refractivity contribution < 1.29 is 9.31 Å². The fourth-order valence-electron chi connectivity index (χ4n) is 14.1. The van der Waals surface area contributed by atoms with Crippen molar-refractivity contribution in [2.45, 2.75) is 38.9 Å². The topological polar surface area (TPSA) is 54.1 Å². The van der Waals surface area contributed by atoms with Crippen molar-refractivity contribution >= 4 is 159 Å². The number of nitrogens with zero attached hydrogens (tertiary/aromatic N) is 4. The summed E-state index contributed by atoms with van der Waals surface area (Å²) in [6.45, 7) is 8.39. The van der Waals surface area contributed by atoms with E-state index in [1.54, 1.807) is 0 Å². The summed E-state index contributed by atoms with van der Waals surface area (Å²) in [7, 11) is -0.376. The molecular weight excluding hydrogens is 1140 g/mol. The van der Waals surface area contributed by atoms with Gasteiger partial charge in [0.2, 0.25) is 0 Å². The van der Waals surface area contributed by atoms with Crippen LogP contribution < -0.4 is 5.46 Å². The van der Waals surface area contributed by atoms with E-state index < -0.39 is 0 Å². The predicted octanol–water partition coefficient (Wildman–Crippen LogP) is 20.9. The molecule has 5 heterocycles. The highest BCUT2D eigenvalue weighted by Crippen LogP contribution is 2.44. The quantitative estimate of drug-likeness (QED) is 0.100. The van der Waals surface area contributed by atoms with Gasteiger partial charge in [-0.1, -0.05) is 186 Å². The first-order valence-electron chi connectivity index (χ1n) is 30.1. The zero-order valence-corrected chi connectivity index (χ0v) is 50.6. The van der Waals surface area contributed by atoms with Gasteiger partial charge in [0.15, 0.2) is 0 Å². The first kappa shape index (κ1) is 52.4. The highest BCUT2D eigenvalue weighted by atomic mass is 79.9. The Kier molecular flexibility index (Phi) is 11.9. The summed E-state index contributed by atoms with van der Waals surface area (Å²) < 4.78 is 18.5. The van der Waals surface area contributed by atoms with E-state index in [0.29, 0.717) is 0 Å². The van der Waals surface area contributed by atoms with Crippen LogP contribution in [-0.2, 0) is 9.31 Å². The van der Waals surface area contributed by atoms with E-state index in [1.165, 1.54) is 142 Å². The van der Waals surface area contributed by atoms with Crippen LogP contribution in [0.2, 0.25) is 0 Å². The molecule has 0 saturated carbocycles. The Morgan fingerprint density at radius 3 is 1.22 bits per heavy atom. The molecule has 1 saturated heterocycles. The summed E-state index contributed by atoms with van der Waals surface area (Å²) in [5.41, 5.74) is 12.3. The molecule has 0 N–H and O–H groups in total. The van der Waals surface area contributed by atoms with Gasteiger partial charge >= 0.3 is 7.12 Å². The lowest BCUT2D eigenvalue weighted by atomic mass is 9.74. The maximum Gasteiger partial charge on any atom is 0.495 e. The fraction of sp³-hybridized carbons (Fsp3) is 0.0750. The normalized spacial score (nSPS) is 14.0. The minimum absolute atomic E-state index is 0.359. The summed E-state index contributed by atoms with van der Waals surface area (Å²) in [4.78, 5) is 9.42. The second-order valence-electron chi connectivity index (χ2n) is 24.4. The van der Waals surface area contributed by atoms with Crippen LogP contribution in [0, 0.1) is 0 Å². The Labute approximate surface area is 516 Å². The molecular formula is C80H56BBrN4O2. The van der Waals surface area contributed by atoms with E-state index in [1.807, 2.05) is 24.5 Å². The zero-order chi connectivity index (χ0) is 59.0. The van der Waals surface area contributed by atoms with Crippen molar-refractivity contribution in [3.8, 4) is 22.5 Å². The van der Waals surface area contributed by atoms with Crippen molar-refractivity contribution in [1.82, 2.24) is 19.1 Å². The molecule has 0 amide bonds. The van der Waals surface area contributed by atoms with Crippen LogP contribution in [0.4, 0.5) is 0 Å². The molecule has 0 unspecified atom stereocenters. The molecule has 418 valence electrons. The van der Waals surface area contributed by atoms with Gasteiger partial charge in [-0.25, -0.2) is 0 Å². The SMILES string of the molecule is Brc1ccc(-n2c3ccccc3c3ccccc32)cc1.CC1(C)OB(c2ccc3ccc4c5ncccc5cc5ccc2c3c54)OC1(C)C.c1cnc2c(c1)cc1ccc3c(-c4ccc(-n5c6ccccc6c6ccccc65)cc4)ccc4ccc2c1c43. The third-order valence-corrected chi connectivity index (χ3v) is 19.5. The molecule has 4 aromatic heterocycles. The van der Waals surface area contributed by atoms with Gasteiger partial charge in [-0.2, -0.15) is 0 Å². The largest absolute Gasteiger partial charge is 0.495 e. The minimum Gasteiger partial charge on any atom is -0.399 e. The van der Waals surface area contributed by atoms with E-state index >= 15 is 0 Å². The Bertz CT molecular complexity index is 5670. The Morgan fingerprint density at radius 2 is 0.727 bits per heavy atom. The number of fused-ring (bicyclic) bond motifs is 10. The molecule has 0 radical (unpaired) electrons. The van der Waals surface area contributed by atoms with Crippen molar-refractivity contribution in [2.24, 2.45) is 0 Å². The van der Waals surface area contributed by atoms with Gasteiger partial charge in [-0.15, -0.1) is 0 Å². The molecule has 88 heavy (non-hydrogen) atoms. The van der Waals surface area contributed by atoms with Crippen molar-refractivity contribution in [3.05, 3.63) is 272 Å². The highest BCUT2D eigenvalue weighted by Gasteiger charge is 2.52. The Hall–Kier alpha value is -9.96. The molecule has 0 bridgehead atoms. The molecule has 1 fully saturated rings. The van der Waals surface area contributed by atoms with E-state index in [9.17, 15) is 0 Å². The van der Waals surface area contributed by atoms with Crippen molar-refractivity contribution in [2.75, 3.05) is 0 Å². The first-order valence-corrected chi connectivity index (χ1v) is 30.9. The van der Waals surface area contributed by atoms with Crippen LogP contribution in [0.1, 0.15) is 27.7 Å². The zero-order valence-electron chi connectivity index (χ0n) is 49.0. The monoisotopic (exact) mass is 1190 g/mol. The average Bonchev–Trinajstić information content (AvgIpc) is 1.13. The Morgan fingerprint density at radius 1 is 0.341 bits per heavy atom. The van der Waals surface area contributed by atoms with Gasteiger partial charge in [-0.3, -0.25) is 9.97 Å². The molecule has 14 aromatic carbocycles. The summed E-state index contributed by atoms with van der Waals surface area (Å²) in [5.74, 6) is 0. The minimum atomic E-state index is -0.376. The van der Waals surface area contributed by atoms with E-state index in [-0.39, 0.29) is 18.3 Å². The molecule has 1 aliphatic rings. The van der Waals surface area contributed by atoms with Crippen molar-refractivity contribution in [3.63, 3.8) is 0 Å². The number of benzene rings is 14. The molecule has 18 aromatic rings. The van der Waals surface area contributed by atoms with Gasteiger partial charge in [-0.05, 0) is 183 Å². The number of para-hydroxylation sites is 4. The van der Waals surface area contributed by atoms with Crippen LogP contribution in [-0.4, -0.2) is 37.4 Å². The standard InChI is InChI=1S/C37H22N2.C25H22BNO2.C18H12BrN/c1-3-9-33-29(7-1)30-8-2-4-10-34(30)39(33)27-16-11-23(12-17-27)28-18-13-24-14-20-32-36-25(15-19-31(28)35(24)36)22-26-6-5-21-38-37(26)32;1-24(2)25(3,4)29-26(28-24)20-12-9-15-7-11-19-22-16(8-10-18(20)21(15)22)14-17-6-5-13-27-23(17)19;19-13-9-11-14(12-10-13)20-17-7-3-1-5-15(17)16-6-2-4-8-18(16)20/h1-22H;5-14H,1-4H3;1-12H. The lowest BCUT2D eigenvalue weighted by Gasteiger charge is -2.32. The molecule has 8 heteroatoms. The molecule has 0 spiro atoms. The van der Waals surface area contributed by atoms with Crippen molar-refractivity contribution in [1.29, 1.82) is 0 Å². The third-order valence-electron chi connectivity index (χ3n) is 18.9. The fourth-order valence-corrected chi connectivity index (χ4v) is 14.3. The van der Waals surface area contributed by atoms with Gasteiger partial charge in [0.05, 0.1) is 44.3 Å². The Balaban J connectivity index is 0.000000108. The summed E-state index contributed by atoms with van der Waals surface area (Å²) >= 11 is 3.50. The van der Waals surface area contributed by atoms with Crippen LogP contribution in [0.25, 0.3) is 153 Å². The van der Waals surface area contributed by atoms with E-state index in [0.717, 1.165) is 21.0 Å². The molecule has 0 atom stereocenters. The maximum atomic E-state index is 6.38. The van der Waals surface area contributed by atoms with Crippen LogP contribution in [0.5, 0.6) is 0 Å². The smallest absolute Gasteiger partial charge is 0.399 e. The number of halogens is 1. The lowest BCUT2D eigenvalue weighted by Crippen LogP contribution is -2.41. The summed E-state index contributed by atoms with van der Waals surface area (Å²) in [6.07, 6.45) is 3.76. The molecule has 1 aliphatic heterocycles. The number of hydrogen-bond donors (Lipinski definition) is 0. The maximum absolute atomic E-state index is 6.38. The van der Waals surface area contributed by atoms with E-state index in [2.05, 4.69) is 300 Å². The van der Waals surface area contributed by atoms with Crippen LogP contribution >= 0.6 is 15.9 Å². The van der Waals surface area contributed by atoms with Gasteiger partial charge in [0, 0.05) is 71.3 Å². The average molecular weight is 1200 g/mol. The third kappa shape index (κ3) is 8.16. The predicted molar refractivity (Wildman–Crippen MR) is 375 cm³/mol. The van der Waals surface area contributed by atoms with E-state index in [4.69, 9.17) is 14.3 Å². The first-order chi connectivity index (χ1) is 43.0. The van der Waals surface area contributed by atoms with Crippen LogP contribution in [0.3, 0.4) is 0 Å². The molecule has 19 rings (SSSR count). The number of rotatable bonds is 4. The highest BCUT2D eigenvalue weighted by molar-refractivity contribution is 9.10. The second kappa shape index (κ2) is 20.1. The number of pyridine rings is 2.